The van der Waals surface area contributed by atoms with E-state index in [0.29, 0.717) is 36.5 Å². The summed E-state index contributed by atoms with van der Waals surface area (Å²) in [6, 6.07) is 6.94. The number of furan rings is 1. The van der Waals surface area contributed by atoms with Gasteiger partial charge in [-0.15, -0.1) is 0 Å². The number of methoxy groups -OCH3 is 1. The molecule has 2 aromatic rings. The van der Waals surface area contributed by atoms with E-state index >= 15 is 0 Å². The van der Waals surface area contributed by atoms with Gasteiger partial charge in [-0.25, -0.2) is 4.79 Å². The van der Waals surface area contributed by atoms with Crippen LogP contribution in [0.25, 0.3) is 11.0 Å². The molecule has 3 amide bonds. The van der Waals surface area contributed by atoms with E-state index in [2.05, 4.69) is 16.0 Å². The van der Waals surface area contributed by atoms with Crippen molar-refractivity contribution in [3.8, 4) is 5.75 Å². The zero-order valence-corrected chi connectivity index (χ0v) is 16.1. The van der Waals surface area contributed by atoms with Crippen LogP contribution in [0.15, 0.2) is 28.7 Å². The van der Waals surface area contributed by atoms with Crippen molar-refractivity contribution in [1.82, 2.24) is 16.0 Å². The molecule has 1 fully saturated rings. The molecule has 3 rings (SSSR count). The Morgan fingerprint density at radius 2 is 2.04 bits per heavy atom. The number of carbonyl (C=O) groups is 2. The maximum atomic E-state index is 13.0. The number of amides is 3. The maximum Gasteiger partial charge on any atom is 0.315 e. The number of nitrogens with one attached hydrogen (secondary N) is 3. The minimum absolute atomic E-state index is 0.175. The Balaban J connectivity index is 1.76. The maximum absolute atomic E-state index is 13.0. The summed E-state index contributed by atoms with van der Waals surface area (Å²) in [5.74, 6) is 1.13. The third-order valence-corrected chi connectivity index (χ3v) is 5.10. The number of para-hydroxylation sites is 1. The van der Waals surface area contributed by atoms with E-state index < -0.39 is 5.54 Å². The highest BCUT2D eigenvalue weighted by Crippen LogP contribution is 2.33. The minimum Gasteiger partial charge on any atom is -0.493 e. The zero-order chi connectivity index (χ0) is 19.4. The number of urea groups is 1. The first-order chi connectivity index (χ1) is 13.0. The van der Waals surface area contributed by atoms with Gasteiger partial charge in [0, 0.05) is 11.9 Å². The van der Waals surface area contributed by atoms with Gasteiger partial charge in [0.25, 0.3) is 0 Å². The van der Waals surface area contributed by atoms with E-state index in [1.807, 2.05) is 38.1 Å². The topological polar surface area (TPSA) is 92.6 Å². The van der Waals surface area contributed by atoms with Crippen LogP contribution in [0.2, 0.25) is 0 Å². The smallest absolute Gasteiger partial charge is 0.315 e. The molecule has 1 atom stereocenters. The number of carbonyl (C=O) groups excluding carboxylic acids is 2. The molecule has 0 bridgehead atoms. The Morgan fingerprint density at radius 1 is 1.30 bits per heavy atom. The van der Waals surface area contributed by atoms with Crippen LogP contribution in [0, 0.1) is 0 Å². The molecule has 1 unspecified atom stereocenters. The monoisotopic (exact) mass is 373 g/mol. The molecule has 1 aromatic carbocycles. The van der Waals surface area contributed by atoms with Gasteiger partial charge in [0.15, 0.2) is 11.3 Å². The number of hydrogen-bond donors (Lipinski definition) is 3. The second kappa shape index (κ2) is 7.90. The fraction of sp³-hybridized carbons (Fsp3) is 0.500. The minimum atomic E-state index is -0.864. The fourth-order valence-electron chi connectivity index (χ4n) is 3.65. The van der Waals surface area contributed by atoms with Crippen molar-refractivity contribution in [3.05, 3.63) is 30.0 Å². The molecule has 1 saturated carbocycles. The van der Waals surface area contributed by atoms with Crippen molar-refractivity contribution in [2.45, 2.75) is 51.1 Å². The zero-order valence-electron chi connectivity index (χ0n) is 16.1. The molecular formula is C20H27N3O4. The van der Waals surface area contributed by atoms with Gasteiger partial charge in [-0.1, -0.05) is 25.0 Å². The van der Waals surface area contributed by atoms with E-state index in [9.17, 15) is 9.59 Å². The molecule has 146 valence electrons. The number of hydrogen-bond acceptors (Lipinski definition) is 4. The largest absolute Gasteiger partial charge is 0.493 e. The molecule has 0 spiro atoms. The molecule has 27 heavy (non-hydrogen) atoms. The quantitative estimate of drug-likeness (QED) is 0.725. The van der Waals surface area contributed by atoms with Crippen LogP contribution in [0.5, 0.6) is 5.75 Å². The van der Waals surface area contributed by atoms with Crippen LogP contribution >= 0.6 is 0 Å². The lowest BCUT2D eigenvalue weighted by Gasteiger charge is -2.30. The highest BCUT2D eigenvalue weighted by Gasteiger charge is 2.43. The standard InChI is InChI=1S/C20H27N3O4/c1-4-21-19(25)23-20(10-5-6-11-20)18(24)22-13(2)16-12-14-8-7-9-15(26-3)17(14)27-16/h7-9,12-13H,4-6,10-11H2,1-3H3,(H,22,24)(H2,21,23,25). The van der Waals surface area contributed by atoms with E-state index in [1.54, 1.807) is 7.11 Å². The van der Waals surface area contributed by atoms with Gasteiger partial charge < -0.3 is 25.1 Å². The summed E-state index contributed by atoms with van der Waals surface area (Å²) in [4.78, 5) is 25.0. The van der Waals surface area contributed by atoms with Gasteiger partial charge in [0.2, 0.25) is 5.91 Å². The third kappa shape index (κ3) is 3.86. The molecule has 3 N–H and O–H groups in total. The van der Waals surface area contributed by atoms with Gasteiger partial charge >= 0.3 is 6.03 Å². The van der Waals surface area contributed by atoms with Gasteiger partial charge in [0.05, 0.1) is 13.2 Å². The van der Waals surface area contributed by atoms with Crippen LogP contribution in [0.4, 0.5) is 4.79 Å². The van der Waals surface area contributed by atoms with Gasteiger partial charge in [0.1, 0.15) is 11.3 Å². The summed E-state index contributed by atoms with van der Waals surface area (Å²) < 4.78 is 11.3. The van der Waals surface area contributed by atoms with Crippen LogP contribution in [0.3, 0.4) is 0 Å². The van der Waals surface area contributed by atoms with Gasteiger partial charge in [-0.3, -0.25) is 4.79 Å². The molecule has 0 saturated heterocycles. The summed E-state index contributed by atoms with van der Waals surface area (Å²) in [7, 11) is 1.60. The molecule has 1 aliphatic carbocycles. The summed E-state index contributed by atoms with van der Waals surface area (Å²) in [5.41, 5.74) is -0.204. The van der Waals surface area contributed by atoms with E-state index in [-0.39, 0.29) is 18.0 Å². The highest BCUT2D eigenvalue weighted by molar-refractivity contribution is 5.91. The second-order valence-electron chi connectivity index (χ2n) is 7.00. The number of rotatable bonds is 6. The Bertz CT molecular complexity index is 824. The predicted octanol–water partition coefficient (Wildman–Crippen LogP) is 3.25. The Morgan fingerprint density at radius 3 is 2.70 bits per heavy atom. The van der Waals surface area contributed by atoms with Crippen LogP contribution in [-0.4, -0.2) is 31.1 Å². The molecule has 7 nitrogen and oxygen atoms in total. The van der Waals surface area contributed by atoms with Crippen molar-refractivity contribution in [2.75, 3.05) is 13.7 Å². The Hall–Kier alpha value is -2.70. The SMILES string of the molecule is CCNC(=O)NC1(C(=O)NC(C)c2cc3cccc(OC)c3o2)CCCC1. The molecule has 7 heteroatoms. The predicted molar refractivity (Wildman–Crippen MR) is 103 cm³/mol. The summed E-state index contributed by atoms with van der Waals surface area (Å²) >= 11 is 0. The molecule has 1 aromatic heterocycles. The van der Waals surface area contributed by atoms with E-state index in [0.717, 1.165) is 18.2 Å². The lowest BCUT2D eigenvalue weighted by atomic mass is 9.96. The van der Waals surface area contributed by atoms with Crippen molar-refractivity contribution < 1.29 is 18.7 Å². The third-order valence-electron chi connectivity index (χ3n) is 5.10. The summed E-state index contributed by atoms with van der Waals surface area (Å²) in [5, 5.41) is 9.51. The van der Waals surface area contributed by atoms with E-state index in [1.165, 1.54) is 0 Å². The molecule has 0 aliphatic heterocycles. The summed E-state index contributed by atoms with van der Waals surface area (Å²) in [6.07, 6.45) is 3.10. The van der Waals surface area contributed by atoms with Crippen LogP contribution < -0.4 is 20.7 Å². The molecular weight excluding hydrogens is 346 g/mol. The first kappa shape index (κ1) is 19.1. The van der Waals surface area contributed by atoms with Crippen molar-refractivity contribution in [1.29, 1.82) is 0 Å². The summed E-state index contributed by atoms with van der Waals surface area (Å²) in [6.45, 7) is 4.23. The van der Waals surface area contributed by atoms with Crippen LogP contribution in [-0.2, 0) is 4.79 Å². The first-order valence-electron chi connectivity index (χ1n) is 9.42. The van der Waals surface area contributed by atoms with Crippen LogP contribution in [0.1, 0.15) is 51.3 Å². The lowest BCUT2D eigenvalue weighted by Crippen LogP contribution is -2.59. The number of benzene rings is 1. The van der Waals surface area contributed by atoms with Crippen molar-refractivity contribution in [3.63, 3.8) is 0 Å². The highest BCUT2D eigenvalue weighted by atomic mass is 16.5. The Kier molecular flexibility index (Phi) is 5.58. The molecule has 0 radical (unpaired) electrons. The lowest BCUT2D eigenvalue weighted by molar-refractivity contribution is -0.127. The van der Waals surface area contributed by atoms with Gasteiger partial charge in [-0.2, -0.15) is 0 Å². The average molecular weight is 373 g/mol. The Labute approximate surface area is 158 Å². The molecule has 1 aliphatic rings. The number of fused-ring (bicyclic) bond motifs is 1. The second-order valence-corrected chi connectivity index (χ2v) is 7.00. The van der Waals surface area contributed by atoms with Crippen molar-refractivity contribution >= 4 is 22.9 Å². The first-order valence-corrected chi connectivity index (χ1v) is 9.42. The number of ether oxygens (including phenoxy) is 1. The van der Waals surface area contributed by atoms with Crippen molar-refractivity contribution in [2.24, 2.45) is 0 Å². The van der Waals surface area contributed by atoms with Gasteiger partial charge in [-0.05, 0) is 38.8 Å². The average Bonchev–Trinajstić information content (AvgIpc) is 3.29. The fourth-order valence-corrected chi connectivity index (χ4v) is 3.65. The normalized spacial score (nSPS) is 16.7. The van der Waals surface area contributed by atoms with E-state index in [4.69, 9.17) is 9.15 Å². The molecule has 1 heterocycles.